The summed E-state index contributed by atoms with van der Waals surface area (Å²) in [7, 11) is 3.12. The van der Waals surface area contributed by atoms with Gasteiger partial charge in [0, 0.05) is 25.3 Å². The van der Waals surface area contributed by atoms with Crippen molar-refractivity contribution < 1.29 is 4.79 Å². The number of carbonyl (C=O) groups is 1. The van der Waals surface area contributed by atoms with Crippen LogP contribution in [0.15, 0.2) is 46.0 Å². The molecule has 1 aromatic heterocycles. The third-order valence-corrected chi connectivity index (χ3v) is 4.47. The number of benzene rings is 2. The summed E-state index contributed by atoms with van der Waals surface area (Å²) in [5, 5.41) is 2.90. The van der Waals surface area contributed by atoms with Crippen molar-refractivity contribution in [1.82, 2.24) is 9.13 Å². The Balaban J connectivity index is 2.14. The van der Waals surface area contributed by atoms with Crippen LogP contribution < -0.4 is 16.4 Å². The lowest BCUT2D eigenvalue weighted by Crippen LogP contribution is -2.39. The second kappa shape index (κ2) is 6.05. The zero-order valence-electron chi connectivity index (χ0n) is 14.6. The highest BCUT2D eigenvalue weighted by atomic mass is 16.2. The van der Waals surface area contributed by atoms with Gasteiger partial charge in [-0.25, -0.2) is 0 Å². The summed E-state index contributed by atoms with van der Waals surface area (Å²) in [6, 6.07) is 10.9. The van der Waals surface area contributed by atoms with Crippen LogP contribution in [-0.4, -0.2) is 15.0 Å². The molecule has 0 aliphatic carbocycles. The fourth-order valence-electron chi connectivity index (χ4n) is 2.88. The van der Waals surface area contributed by atoms with Gasteiger partial charge in [-0.2, -0.15) is 0 Å². The number of hydrogen-bond acceptors (Lipinski definition) is 3. The Bertz CT molecular complexity index is 1120. The Morgan fingerprint density at radius 3 is 2.04 bits per heavy atom. The van der Waals surface area contributed by atoms with E-state index in [1.165, 1.54) is 9.13 Å². The van der Waals surface area contributed by atoms with Crippen LogP contribution in [0.5, 0.6) is 0 Å². The highest BCUT2D eigenvalue weighted by Crippen LogP contribution is 2.22. The van der Waals surface area contributed by atoms with E-state index in [2.05, 4.69) is 5.32 Å². The fraction of sp³-hybridized carbons (Fsp3) is 0.211. The average Bonchev–Trinajstić information content (AvgIpc) is 2.59. The number of aromatic nitrogens is 2. The number of fused-ring (bicyclic) bond motifs is 1. The van der Waals surface area contributed by atoms with Gasteiger partial charge in [-0.15, -0.1) is 0 Å². The van der Waals surface area contributed by atoms with Gasteiger partial charge in [0.05, 0.1) is 11.0 Å². The van der Waals surface area contributed by atoms with Gasteiger partial charge in [0.1, 0.15) is 0 Å². The SMILES string of the molecule is Cc1cc2c(cc1NC(=O)c1ccccc1C)n(C)c(=O)c(=O)n2C. The smallest absolute Gasteiger partial charge is 0.316 e. The van der Waals surface area contributed by atoms with Crippen LogP contribution in [0.1, 0.15) is 21.5 Å². The van der Waals surface area contributed by atoms with Crippen molar-refractivity contribution in [3.05, 3.63) is 73.8 Å². The Labute approximate surface area is 144 Å². The molecule has 1 heterocycles. The van der Waals surface area contributed by atoms with Crippen LogP contribution in [0.25, 0.3) is 11.0 Å². The maximum atomic E-state index is 12.6. The molecule has 25 heavy (non-hydrogen) atoms. The van der Waals surface area contributed by atoms with Crippen LogP contribution in [0, 0.1) is 13.8 Å². The van der Waals surface area contributed by atoms with E-state index in [1.54, 1.807) is 32.3 Å². The van der Waals surface area contributed by atoms with Gasteiger partial charge >= 0.3 is 11.1 Å². The molecule has 128 valence electrons. The standard InChI is InChI=1S/C19H19N3O3/c1-11-7-5-6-8-13(11)17(23)20-14-10-16-15(9-12(14)2)21(3)18(24)19(25)22(16)4/h5-10H,1-4H3,(H,20,23). The molecule has 0 saturated heterocycles. The lowest BCUT2D eigenvalue weighted by molar-refractivity contribution is 0.102. The molecule has 0 radical (unpaired) electrons. The lowest BCUT2D eigenvalue weighted by Gasteiger charge is -2.14. The number of carbonyl (C=O) groups excluding carboxylic acids is 1. The predicted molar refractivity (Wildman–Crippen MR) is 98.3 cm³/mol. The van der Waals surface area contributed by atoms with E-state index in [0.717, 1.165) is 11.1 Å². The summed E-state index contributed by atoms with van der Waals surface area (Å²) in [4.78, 5) is 36.6. The molecule has 0 aliphatic heterocycles. The summed E-state index contributed by atoms with van der Waals surface area (Å²) >= 11 is 0. The highest BCUT2D eigenvalue weighted by Gasteiger charge is 2.14. The van der Waals surface area contributed by atoms with Crippen LogP contribution >= 0.6 is 0 Å². The molecule has 3 rings (SSSR count). The number of nitrogens with zero attached hydrogens (tertiary/aromatic N) is 2. The first-order valence-electron chi connectivity index (χ1n) is 7.88. The van der Waals surface area contributed by atoms with E-state index in [9.17, 15) is 14.4 Å². The normalized spacial score (nSPS) is 10.9. The summed E-state index contributed by atoms with van der Waals surface area (Å²) in [5.74, 6) is -0.213. The monoisotopic (exact) mass is 337 g/mol. The minimum absolute atomic E-state index is 0.213. The second-order valence-corrected chi connectivity index (χ2v) is 6.15. The predicted octanol–water partition coefficient (Wildman–Crippen LogP) is 2.11. The fourth-order valence-corrected chi connectivity index (χ4v) is 2.88. The maximum absolute atomic E-state index is 12.6. The van der Waals surface area contributed by atoms with Crippen molar-refractivity contribution >= 4 is 22.6 Å². The van der Waals surface area contributed by atoms with Gasteiger partial charge in [-0.3, -0.25) is 14.4 Å². The molecule has 1 amide bonds. The summed E-state index contributed by atoms with van der Waals surface area (Å²) in [6.45, 7) is 3.73. The molecule has 0 fully saturated rings. The van der Waals surface area contributed by atoms with Crippen LogP contribution in [0.4, 0.5) is 5.69 Å². The van der Waals surface area contributed by atoms with Crippen molar-refractivity contribution in [2.24, 2.45) is 14.1 Å². The minimum Gasteiger partial charge on any atom is -0.322 e. The second-order valence-electron chi connectivity index (χ2n) is 6.15. The third kappa shape index (κ3) is 2.76. The Morgan fingerprint density at radius 2 is 1.44 bits per heavy atom. The van der Waals surface area contributed by atoms with Gasteiger partial charge in [0.15, 0.2) is 0 Å². The number of rotatable bonds is 2. The molecular weight excluding hydrogens is 318 g/mol. The third-order valence-electron chi connectivity index (χ3n) is 4.47. The van der Waals surface area contributed by atoms with E-state index in [4.69, 9.17) is 0 Å². The maximum Gasteiger partial charge on any atom is 0.316 e. The van der Waals surface area contributed by atoms with Crippen molar-refractivity contribution in [1.29, 1.82) is 0 Å². The number of hydrogen-bond donors (Lipinski definition) is 1. The van der Waals surface area contributed by atoms with Gasteiger partial charge in [0.2, 0.25) is 0 Å². The van der Waals surface area contributed by atoms with Crippen LogP contribution in [0.3, 0.4) is 0 Å². The quantitative estimate of drug-likeness (QED) is 0.728. The summed E-state index contributed by atoms with van der Waals surface area (Å²) < 4.78 is 2.64. The molecule has 0 aliphatic rings. The molecule has 6 nitrogen and oxygen atoms in total. The number of amides is 1. The average molecular weight is 337 g/mol. The first-order valence-corrected chi connectivity index (χ1v) is 7.88. The van der Waals surface area contributed by atoms with Crippen LogP contribution in [-0.2, 0) is 14.1 Å². The van der Waals surface area contributed by atoms with Crippen LogP contribution in [0.2, 0.25) is 0 Å². The molecular formula is C19H19N3O3. The van der Waals surface area contributed by atoms with Crippen molar-refractivity contribution in [2.75, 3.05) is 5.32 Å². The summed E-state index contributed by atoms with van der Waals surface area (Å²) in [6.07, 6.45) is 0. The molecule has 2 aromatic carbocycles. The van der Waals surface area contributed by atoms with E-state index in [1.807, 2.05) is 32.0 Å². The molecule has 6 heteroatoms. The first kappa shape index (κ1) is 16.7. The van der Waals surface area contributed by atoms with Gasteiger partial charge in [-0.1, -0.05) is 18.2 Å². The minimum atomic E-state index is -0.602. The van der Waals surface area contributed by atoms with E-state index < -0.39 is 11.1 Å². The summed E-state index contributed by atoms with van der Waals surface area (Å²) in [5.41, 5.74) is 2.93. The van der Waals surface area contributed by atoms with E-state index >= 15 is 0 Å². The molecule has 0 atom stereocenters. The highest BCUT2D eigenvalue weighted by molar-refractivity contribution is 6.06. The molecule has 0 unspecified atom stereocenters. The number of anilines is 1. The van der Waals surface area contributed by atoms with E-state index in [0.29, 0.717) is 22.3 Å². The Morgan fingerprint density at radius 1 is 0.880 bits per heavy atom. The van der Waals surface area contributed by atoms with Crippen molar-refractivity contribution in [3.8, 4) is 0 Å². The molecule has 1 N–H and O–H groups in total. The lowest BCUT2D eigenvalue weighted by atomic mass is 10.1. The van der Waals surface area contributed by atoms with Gasteiger partial charge < -0.3 is 14.5 Å². The van der Waals surface area contributed by atoms with Crippen molar-refractivity contribution in [3.63, 3.8) is 0 Å². The van der Waals surface area contributed by atoms with Gasteiger partial charge in [-0.05, 0) is 43.2 Å². The van der Waals surface area contributed by atoms with Crippen molar-refractivity contribution in [2.45, 2.75) is 13.8 Å². The first-order chi connectivity index (χ1) is 11.8. The zero-order valence-corrected chi connectivity index (χ0v) is 14.6. The number of nitrogens with one attached hydrogen (secondary N) is 1. The van der Waals surface area contributed by atoms with Gasteiger partial charge in [0.25, 0.3) is 5.91 Å². The largest absolute Gasteiger partial charge is 0.322 e. The molecule has 0 spiro atoms. The number of aryl methyl sites for hydroxylation is 4. The Hall–Kier alpha value is -3.15. The Kier molecular flexibility index (Phi) is 4.04. The zero-order chi connectivity index (χ0) is 18.3. The molecule has 0 saturated carbocycles. The topological polar surface area (TPSA) is 73.1 Å². The van der Waals surface area contributed by atoms with E-state index in [-0.39, 0.29) is 5.91 Å². The molecule has 3 aromatic rings. The molecule has 0 bridgehead atoms.